The summed E-state index contributed by atoms with van der Waals surface area (Å²) in [6.45, 7) is -2.40. The molecule has 8 heteroatoms. The number of alkyl halides is 2. The third-order valence-electron chi connectivity index (χ3n) is 3.34. The summed E-state index contributed by atoms with van der Waals surface area (Å²) in [5.74, 6) is 1.75. The fourth-order valence-electron chi connectivity index (χ4n) is 1.96. The highest BCUT2D eigenvalue weighted by molar-refractivity contribution is 5.85. The van der Waals surface area contributed by atoms with Gasteiger partial charge in [0.15, 0.2) is 17.3 Å². The van der Waals surface area contributed by atoms with Gasteiger partial charge in [-0.15, -0.1) is 12.4 Å². The van der Waals surface area contributed by atoms with E-state index in [2.05, 4.69) is 15.0 Å². The van der Waals surface area contributed by atoms with Gasteiger partial charge in [-0.05, 0) is 37.0 Å². The second kappa shape index (κ2) is 7.50. The molecule has 126 valence electrons. The molecule has 2 aromatic rings. The summed E-state index contributed by atoms with van der Waals surface area (Å²) in [5, 5.41) is 2.86. The lowest BCUT2D eigenvalue weighted by Crippen LogP contribution is -2.06. The lowest BCUT2D eigenvalue weighted by molar-refractivity contribution is -0.0515. The van der Waals surface area contributed by atoms with Crippen molar-refractivity contribution < 1.29 is 22.7 Å². The fraction of sp³-hybridized carbons (Fsp3) is 0.400. The van der Waals surface area contributed by atoms with Crippen LogP contribution in [-0.4, -0.2) is 25.3 Å². The molecule has 0 atom stereocenters. The Labute approximate surface area is 138 Å². The molecule has 0 spiro atoms. The Morgan fingerprint density at radius 2 is 2.13 bits per heavy atom. The van der Waals surface area contributed by atoms with Crippen molar-refractivity contribution >= 4 is 18.2 Å². The monoisotopic (exact) mass is 346 g/mol. The van der Waals surface area contributed by atoms with Crippen molar-refractivity contribution in [3.8, 4) is 23.0 Å². The Hall–Kier alpha value is -2.02. The number of oxazole rings is 1. The minimum Gasteiger partial charge on any atom is -0.489 e. The molecule has 0 bridgehead atoms. The maximum atomic E-state index is 12.5. The van der Waals surface area contributed by atoms with Gasteiger partial charge in [-0.25, -0.2) is 0 Å². The van der Waals surface area contributed by atoms with E-state index in [1.54, 1.807) is 19.2 Å². The van der Waals surface area contributed by atoms with Crippen LogP contribution in [0.15, 0.2) is 28.9 Å². The number of hydrogen-bond acceptors (Lipinski definition) is 5. The van der Waals surface area contributed by atoms with Gasteiger partial charge in [0.1, 0.15) is 6.26 Å². The molecule has 1 N–H and O–H groups in total. The number of rotatable bonds is 7. The van der Waals surface area contributed by atoms with E-state index in [-0.39, 0.29) is 23.9 Å². The van der Waals surface area contributed by atoms with Gasteiger partial charge in [-0.1, -0.05) is 0 Å². The third kappa shape index (κ3) is 4.48. The number of nitrogens with zero attached hydrogens (tertiary/aromatic N) is 1. The van der Waals surface area contributed by atoms with Crippen molar-refractivity contribution in [1.29, 1.82) is 0 Å². The molecule has 5 nitrogen and oxygen atoms in total. The van der Waals surface area contributed by atoms with Crippen LogP contribution in [0, 0.1) is 5.92 Å². The highest BCUT2D eigenvalue weighted by atomic mass is 35.5. The predicted octanol–water partition coefficient (Wildman–Crippen LogP) is 4.20. The maximum absolute atomic E-state index is 12.5. The first-order chi connectivity index (χ1) is 10.7. The van der Waals surface area contributed by atoms with Crippen molar-refractivity contribution in [2.45, 2.75) is 19.5 Å². The number of benzene rings is 1. The summed E-state index contributed by atoms with van der Waals surface area (Å²) < 4.78 is 40.4. The quantitative estimate of drug-likeness (QED) is 0.814. The Balaban J connectivity index is 0.00000192. The van der Waals surface area contributed by atoms with Gasteiger partial charge in [0.2, 0.25) is 5.89 Å². The highest BCUT2D eigenvalue weighted by Crippen LogP contribution is 2.36. The first-order valence-corrected chi connectivity index (χ1v) is 7.01. The van der Waals surface area contributed by atoms with Gasteiger partial charge in [0, 0.05) is 12.6 Å². The molecular formula is C15H17ClF2N2O3. The summed E-state index contributed by atoms with van der Waals surface area (Å²) in [6.07, 6.45) is 3.69. The van der Waals surface area contributed by atoms with E-state index in [1.165, 1.54) is 12.3 Å². The molecule has 3 rings (SSSR count). The Morgan fingerprint density at radius 1 is 1.35 bits per heavy atom. The topological polar surface area (TPSA) is 56.5 Å². The van der Waals surface area contributed by atoms with Crippen LogP contribution >= 0.6 is 12.4 Å². The molecular weight excluding hydrogens is 330 g/mol. The Morgan fingerprint density at radius 3 is 2.74 bits per heavy atom. The van der Waals surface area contributed by atoms with Crippen LogP contribution in [0.25, 0.3) is 11.5 Å². The summed E-state index contributed by atoms with van der Waals surface area (Å²) in [6, 6.07) is 4.64. The molecule has 0 radical (unpaired) electrons. The number of anilines is 1. The van der Waals surface area contributed by atoms with Crippen molar-refractivity contribution in [3.63, 3.8) is 0 Å². The van der Waals surface area contributed by atoms with E-state index in [4.69, 9.17) is 9.15 Å². The second-order valence-corrected chi connectivity index (χ2v) is 5.08. The fourth-order valence-corrected chi connectivity index (χ4v) is 1.96. The molecule has 1 aromatic carbocycles. The minimum absolute atomic E-state index is 0. The summed E-state index contributed by atoms with van der Waals surface area (Å²) in [4.78, 5) is 4.22. The van der Waals surface area contributed by atoms with Gasteiger partial charge in [0.05, 0.1) is 6.61 Å². The van der Waals surface area contributed by atoms with E-state index in [1.807, 2.05) is 0 Å². The Bertz CT molecular complexity index is 647. The van der Waals surface area contributed by atoms with Crippen LogP contribution in [0.1, 0.15) is 12.8 Å². The maximum Gasteiger partial charge on any atom is 0.387 e. The number of hydrogen-bond donors (Lipinski definition) is 1. The van der Waals surface area contributed by atoms with E-state index in [9.17, 15) is 8.78 Å². The first kappa shape index (κ1) is 17.3. The van der Waals surface area contributed by atoms with Crippen LogP contribution < -0.4 is 14.8 Å². The molecule has 1 heterocycles. The number of aromatic nitrogens is 1. The van der Waals surface area contributed by atoms with Crippen molar-refractivity contribution in [1.82, 2.24) is 4.98 Å². The van der Waals surface area contributed by atoms with E-state index in [0.717, 1.165) is 12.8 Å². The van der Waals surface area contributed by atoms with E-state index in [0.29, 0.717) is 29.8 Å². The number of nitrogens with one attached hydrogen (secondary N) is 1. The predicted molar refractivity (Wildman–Crippen MR) is 83.6 cm³/mol. The summed E-state index contributed by atoms with van der Waals surface area (Å²) in [5.41, 5.74) is 0.633. The van der Waals surface area contributed by atoms with Crippen LogP contribution in [-0.2, 0) is 0 Å². The molecule has 0 aliphatic heterocycles. The lowest BCUT2D eigenvalue weighted by atomic mass is 10.2. The van der Waals surface area contributed by atoms with Gasteiger partial charge < -0.3 is 19.2 Å². The first-order valence-electron chi connectivity index (χ1n) is 7.01. The molecule has 0 unspecified atom stereocenters. The average molecular weight is 347 g/mol. The highest BCUT2D eigenvalue weighted by Gasteiger charge is 2.23. The zero-order valence-corrected chi connectivity index (χ0v) is 13.2. The van der Waals surface area contributed by atoms with Gasteiger partial charge in [-0.2, -0.15) is 13.8 Å². The van der Waals surface area contributed by atoms with Crippen LogP contribution in [0.2, 0.25) is 0 Å². The number of halogens is 3. The van der Waals surface area contributed by atoms with Crippen molar-refractivity contribution in [3.05, 3.63) is 24.5 Å². The molecule has 0 amide bonds. The third-order valence-corrected chi connectivity index (χ3v) is 3.34. The largest absolute Gasteiger partial charge is 0.489 e. The van der Waals surface area contributed by atoms with Crippen molar-refractivity contribution in [2.75, 3.05) is 19.0 Å². The second-order valence-electron chi connectivity index (χ2n) is 5.08. The van der Waals surface area contributed by atoms with Gasteiger partial charge >= 0.3 is 6.61 Å². The summed E-state index contributed by atoms with van der Waals surface area (Å²) >= 11 is 0. The number of ether oxygens (including phenoxy) is 2. The standard InChI is InChI=1S/C15H16F2N2O3.ClH/c1-18-13-8-21-14(19-13)10-4-5-11(22-15(16)17)12(6-10)20-7-9-2-3-9;/h4-6,8-9,15,18H,2-3,7H2,1H3;1H. The molecule has 1 fully saturated rings. The van der Waals surface area contributed by atoms with E-state index < -0.39 is 6.61 Å². The van der Waals surface area contributed by atoms with E-state index >= 15 is 0 Å². The summed E-state index contributed by atoms with van der Waals surface area (Å²) in [7, 11) is 1.73. The molecule has 0 saturated heterocycles. The molecule has 23 heavy (non-hydrogen) atoms. The molecule has 1 aliphatic carbocycles. The van der Waals surface area contributed by atoms with Crippen LogP contribution in [0.5, 0.6) is 11.5 Å². The smallest absolute Gasteiger partial charge is 0.387 e. The lowest BCUT2D eigenvalue weighted by Gasteiger charge is -2.12. The average Bonchev–Trinajstić information content (AvgIpc) is 3.20. The van der Waals surface area contributed by atoms with Crippen LogP contribution in [0.3, 0.4) is 0 Å². The molecule has 1 aliphatic rings. The van der Waals surface area contributed by atoms with Crippen molar-refractivity contribution in [2.24, 2.45) is 5.92 Å². The Kier molecular flexibility index (Phi) is 5.65. The zero-order valence-electron chi connectivity index (χ0n) is 12.4. The zero-order chi connectivity index (χ0) is 15.5. The van der Waals surface area contributed by atoms with Crippen LogP contribution in [0.4, 0.5) is 14.6 Å². The SMILES string of the molecule is CNc1coc(-c2ccc(OC(F)F)c(OCC3CC3)c2)n1.Cl. The molecule has 1 saturated carbocycles. The normalized spacial score (nSPS) is 13.6. The molecule has 1 aromatic heterocycles. The van der Waals surface area contributed by atoms with Gasteiger partial charge in [-0.3, -0.25) is 0 Å². The van der Waals surface area contributed by atoms with Gasteiger partial charge in [0.25, 0.3) is 0 Å². The minimum atomic E-state index is -2.90.